The Morgan fingerprint density at radius 3 is 2.61 bits per heavy atom. The molecule has 0 saturated carbocycles. The molecule has 0 spiro atoms. The van der Waals surface area contributed by atoms with Gasteiger partial charge < -0.3 is 4.74 Å². The van der Waals surface area contributed by atoms with Gasteiger partial charge in [0.25, 0.3) is 11.6 Å². The van der Waals surface area contributed by atoms with Gasteiger partial charge >= 0.3 is 0 Å². The average molecular weight is 316 g/mol. The van der Waals surface area contributed by atoms with E-state index in [0.717, 1.165) is 5.56 Å². The van der Waals surface area contributed by atoms with Crippen molar-refractivity contribution in [2.75, 3.05) is 6.61 Å². The van der Waals surface area contributed by atoms with E-state index in [2.05, 4.69) is 5.48 Å². The van der Waals surface area contributed by atoms with Gasteiger partial charge in [-0.25, -0.2) is 5.48 Å². The second-order valence-corrected chi connectivity index (χ2v) is 4.79. The van der Waals surface area contributed by atoms with E-state index >= 15 is 0 Å². The number of benzene rings is 2. The van der Waals surface area contributed by atoms with Gasteiger partial charge in [0.2, 0.25) is 0 Å². The smallest absolute Gasteiger partial charge is 0.281 e. The molecular formula is C16H16N2O5. The Morgan fingerprint density at radius 1 is 1.22 bits per heavy atom. The fourth-order valence-electron chi connectivity index (χ4n) is 1.88. The first-order valence-corrected chi connectivity index (χ1v) is 6.88. The number of hydrogen-bond donors (Lipinski definition) is 1. The third-order valence-electron chi connectivity index (χ3n) is 3.00. The number of aryl methyl sites for hydroxylation is 1. The van der Waals surface area contributed by atoms with Crippen LogP contribution in [0.15, 0.2) is 48.5 Å². The first kappa shape index (κ1) is 16.4. The van der Waals surface area contributed by atoms with Gasteiger partial charge in [0, 0.05) is 11.6 Å². The maximum absolute atomic E-state index is 11.6. The number of ether oxygens (including phenoxy) is 1. The molecule has 2 aromatic carbocycles. The highest BCUT2D eigenvalue weighted by molar-refractivity contribution is 5.76. The van der Waals surface area contributed by atoms with Crippen molar-refractivity contribution in [3.8, 4) is 5.75 Å². The molecular weight excluding hydrogens is 300 g/mol. The van der Waals surface area contributed by atoms with Crippen LogP contribution in [0.4, 0.5) is 5.69 Å². The van der Waals surface area contributed by atoms with E-state index in [9.17, 15) is 14.9 Å². The molecule has 0 fully saturated rings. The quantitative estimate of drug-likeness (QED) is 0.626. The molecule has 0 radical (unpaired) electrons. The summed E-state index contributed by atoms with van der Waals surface area (Å²) in [6.45, 7) is 1.61. The highest BCUT2D eigenvalue weighted by atomic mass is 16.7. The summed E-state index contributed by atoms with van der Waals surface area (Å²) in [5, 5.41) is 10.7. The van der Waals surface area contributed by atoms with Gasteiger partial charge in [0.1, 0.15) is 5.75 Å². The number of hydroxylamine groups is 1. The van der Waals surface area contributed by atoms with E-state index in [1.165, 1.54) is 18.2 Å². The highest BCUT2D eigenvalue weighted by Gasteiger charge is 2.11. The zero-order chi connectivity index (χ0) is 16.7. The molecule has 0 atom stereocenters. The van der Waals surface area contributed by atoms with Crippen molar-refractivity contribution in [2.45, 2.75) is 13.5 Å². The Bertz CT molecular complexity index is 688. The van der Waals surface area contributed by atoms with Crippen LogP contribution in [0.3, 0.4) is 0 Å². The van der Waals surface area contributed by atoms with E-state index in [-0.39, 0.29) is 18.9 Å². The summed E-state index contributed by atoms with van der Waals surface area (Å²) >= 11 is 0. The molecule has 0 bridgehead atoms. The topological polar surface area (TPSA) is 90.7 Å². The van der Waals surface area contributed by atoms with Crippen LogP contribution in [0.5, 0.6) is 5.75 Å². The first-order chi connectivity index (χ1) is 11.1. The number of carbonyl (C=O) groups is 1. The van der Waals surface area contributed by atoms with Crippen LogP contribution in [0.1, 0.15) is 11.1 Å². The van der Waals surface area contributed by atoms with Crippen LogP contribution in [-0.4, -0.2) is 17.4 Å². The summed E-state index contributed by atoms with van der Waals surface area (Å²) in [7, 11) is 0. The summed E-state index contributed by atoms with van der Waals surface area (Å²) in [4.78, 5) is 26.9. The average Bonchev–Trinajstić information content (AvgIpc) is 2.53. The summed E-state index contributed by atoms with van der Waals surface area (Å²) in [6.07, 6.45) is 0. The number of nitro benzene ring substituents is 1. The van der Waals surface area contributed by atoms with Crippen LogP contribution in [-0.2, 0) is 16.2 Å². The SMILES string of the molecule is Cc1cc(OCC(=O)NOCc2ccccc2)ccc1[N+](=O)[O-]. The maximum Gasteiger partial charge on any atom is 0.281 e. The normalized spacial score (nSPS) is 10.1. The molecule has 0 saturated heterocycles. The Morgan fingerprint density at radius 2 is 1.96 bits per heavy atom. The molecule has 1 N–H and O–H groups in total. The lowest BCUT2D eigenvalue weighted by atomic mass is 10.2. The van der Waals surface area contributed by atoms with Gasteiger partial charge in [-0.2, -0.15) is 0 Å². The molecule has 7 nitrogen and oxygen atoms in total. The molecule has 1 amide bonds. The lowest BCUT2D eigenvalue weighted by Crippen LogP contribution is -2.28. The van der Waals surface area contributed by atoms with Crippen molar-refractivity contribution in [2.24, 2.45) is 0 Å². The summed E-state index contributed by atoms with van der Waals surface area (Å²) in [5.74, 6) is -0.0664. The lowest BCUT2D eigenvalue weighted by molar-refractivity contribution is -0.385. The molecule has 0 aliphatic heterocycles. The van der Waals surface area contributed by atoms with Gasteiger partial charge in [-0.1, -0.05) is 30.3 Å². The van der Waals surface area contributed by atoms with Crippen LogP contribution >= 0.6 is 0 Å². The summed E-state index contributed by atoms with van der Waals surface area (Å²) < 4.78 is 5.27. The van der Waals surface area contributed by atoms with Gasteiger partial charge in [0.05, 0.1) is 11.5 Å². The predicted octanol–water partition coefficient (Wildman–Crippen LogP) is 2.53. The van der Waals surface area contributed by atoms with Crippen molar-refractivity contribution < 1.29 is 19.3 Å². The monoisotopic (exact) mass is 316 g/mol. The van der Waals surface area contributed by atoms with Gasteiger partial charge in [-0.15, -0.1) is 0 Å². The lowest BCUT2D eigenvalue weighted by Gasteiger charge is -2.08. The minimum absolute atomic E-state index is 0.00740. The van der Waals surface area contributed by atoms with E-state index in [4.69, 9.17) is 9.57 Å². The highest BCUT2D eigenvalue weighted by Crippen LogP contribution is 2.22. The third-order valence-corrected chi connectivity index (χ3v) is 3.00. The number of nitrogens with zero attached hydrogens (tertiary/aromatic N) is 1. The van der Waals surface area contributed by atoms with Crippen molar-refractivity contribution in [1.82, 2.24) is 5.48 Å². The number of nitro groups is 1. The van der Waals surface area contributed by atoms with Crippen molar-refractivity contribution in [3.63, 3.8) is 0 Å². The molecule has 23 heavy (non-hydrogen) atoms. The molecule has 0 aromatic heterocycles. The zero-order valence-electron chi connectivity index (χ0n) is 12.5. The van der Waals surface area contributed by atoms with Gasteiger partial charge in [-0.05, 0) is 24.6 Å². The number of amides is 1. The predicted molar refractivity (Wildman–Crippen MR) is 82.7 cm³/mol. The second kappa shape index (κ2) is 7.90. The Balaban J connectivity index is 1.76. The minimum atomic E-state index is -0.469. The Kier molecular flexibility index (Phi) is 5.65. The number of carbonyl (C=O) groups excluding carboxylic acids is 1. The molecule has 7 heteroatoms. The summed E-state index contributed by atoms with van der Waals surface area (Å²) in [5.41, 5.74) is 3.68. The fraction of sp³-hybridized carbons (Fsp3) is 0.188. The van der Waals surface area contributed by atoms with Crippen LogP contribution in [0, 0.1) is 17.0 Å². The molecule has 0 heterocycles. The number of hydrogen-bond acceptors (Lipinski definition) is 5. The van der Waals surface area contributed by atoms with E-state index in [0.29, 0.717) is 11.3 Å². The van der Waals surface area contributed by atoms with Crippen molar-refractivity contribution in [3.05, 3.63) is 69.8 Å². The maximum atomic E-state index is 11.6. The van der Waals surface area contributed by atoms with Crippen LogP contribution in [0.25, 0.3) is 0 Å². The van der Waals surface area contributed by atoms with E-state index in [1.807, 2.05) is 30.3 Å². The second-order valence-electron chi connectivity index (χ2n) is 4.79. The Labute approximate surface area is 132 Å². The van der Waals surface area contributed by atoms with Crippen LogP contribution in [0.2, 0.25) is 0 Å². The molecule has 120 valence electrons. The molecule has 0 aliphatic rings. The summed E-state index contributed by atoms with van der Waals surface area (Å²) in [6, 6.07) is 13.7. The minimum Gasteiger partial charge on any atom is -0.484 e. The van der Waals surface area contributed by atoms with E-state index in [1.54, 1.807) is 6.92 Å². The van der Waals surface area contributed by atoms with Crippen molar-refractivity contribution in [1.29, 1.82) is 0 Å². The fourth-order valence-corrected chi connectivity index (χ4v) is 1.88. The zero-order valence-corrected chi connectivity index (χ0v) is 12.5. The van der Waals surface area contributed by atoms with Gasteiger partial charge in [0.15, 0.2) is 6.61 Å². The standard InChI is InChI=1S/C16H16N2O5/c1-12-9-14(7-8-15(12)18(20)21)22-11-16(19)17-23-10-13-5-3-2-4-6-13/h2-9H,10-11H2,1H3,(H,17,19). The Hall–Kier alpha value is -2.93. The van der Waals surface area contributed by atoms with Crippen molar-refractivity contribution >= 4 is 11.6 Å². The molecule has 2 rings (SSSR count). The number of nitrogens with one attached hydrogen (secondary N) is 1. The third kappa shape index (κ3) is 5.08. The molecule has 0 aliphatic carbocycles. The van der Waals surface area contributed by atoms with E-state index < -0.39 is 10.8 Å². The van der Waals surface area contributed by atoms with Crippen LogP contribution < -0.4 is 10.2 Å². The van der Waals surface area contributed by atoms with Gasteiger partial charge in [-0.3, -0.25) is 19.7 Å². The first-order valence-electron chi connectivity index (χ1n) is 6.88. The molecule has 2 aromatic rings. The molecule has 0 unspecified atom stereocenters. The number of rotatable bonds is 7. The largest absolute Gasteiger partial charge is 0.484 e.